The summed E-state index contributed by atoms with van der Waals surface area (Å²) >= 11 is 0. The van der Waals surface area contributed by atoms with Crippen LogP contribution in [0.4, 0.5) is 0 Å². The second-order valence-corrected chi connectivity index (χ2v) is 12.7. The van der Waals surface area contributed by atoms with Gasteiger partial charge in [-0.25, -0.2) is 0 Å². The first kappa shape index (κ1) is 22.5. The number of aryl methyl sites for hydroxylation is 1. The van der Waals surface area contributed by atoms with Crippen molar-refractivity contribution in [2.75, 3.05) is 0 Å². The molecule has 0 amide bonds. The van der Waals surface area contributed by atoms with Crippen LogP contribution in [0.5, 0.6) is 0 Å². The Morgan fingerprint density at radius 1 is 1.15 bits per heavy atom. The highest BCUT2D eigenvalue weighted by atomic mass is 28.3. The zero-order valence-electron chi connectivity index (χ0n) is 20.1. The van der Waals surface area contributed by atoms with Crippen LogP contribution >= 0.6 is 0 Å². The fourth-order valence-corrected chi connectivity index (χ4v) is 6.63. The molecule has 2 aliphatic rings. The lowest BCUT2D eigenvalue weighted by Gasteiger charge is -2.50. The second-order valence-electron chi connectivity index (χ2n) is 10.4. The Morgan fingerprint density at radius 3 is 2.55 bits per heavy atom. The van der Waals surface area contributed by atoms with Gasteiger partial charge < -0.3 is 19.2 Å². The standard InChI is InChI=1S/C27H33NO4Si/c1-16(2)15-18-7-6-8-20-22(18)24-23-25(31-28-24)21(32-33(4)5)13-14-26(23,29)27(20,30)19-11-9-17(3)10-12-19/h6-12,16,21,29-30,33H,13-15H2,1-5H3. The minimum atomic E-state index is -1.63. The summed E-state index contributed by atoms with van der Waals surface area (Å²) < 4.78 is 12.2. The van der Waals surface area contributed by atoms with E-state index in [2.05, 4.69) is 38.2 Å². The molecule has 0 saturated heterocycles. The van der Waals surface area contributed by atoms with E-state index in [4.69, 9.17) is 8.95 Å². The van der Waals surface area contributed by atoms with Gasteiger partial charge in [0.05, 0.1) is 5.56 Å². The molecule has 3 atom stereocenters. The van der Waals surface area contributed by atoms with Crippen molar-refractivity contribution in [1.82, 2.24) is 5.16 Å². The Labute approximate surface area is 197 Å². The zero-order valence-corrected chi connectivity index (χ0v) is 21.2. The third-order valence-electron chi connectivity index (χ3n) is 7.10. The topological polar surface area (TPSA) is 75.7 Å². The summed E-state index contributed by atoms with van der Waals surface area (Å²) in [5, 5.41) is 29.5. The molecule has 0 aliphatic heterocycles. The van der Waals surface area contributed by atoms with E-state index in [0.29, 0.717) is 46.9 Å². The molecule has 2 N–H and O–H groups in total. The molecular formula is C27H33NO4Si. The number of aliphatic hydroxyl groups is 2. The molecule has 174 valence electrons. The minimum absolute atomic E-state index is 0.241. The highest BCUT2D eigenvalue weighted by Gasteiger charge is 2.62. The van der Waals surface area contributed by atoms with E-state index in [1.807, 2.05) is 43.3 Å². The van der Waals surface area contributed by atoms with E-state index in [1.54, 1.807) is 0 Å². The summed E-state index contributed by atoms with van der Waals surface area (Å²) in [5.41, 5.74) is 2.51. The summed E-state index contributed by atoms with van der Waals surface area (Å²) in [6.07, 6.45) is 1.53. The van der Waals surface area contributed by atoms with Crippen LogP contribution in [-0.4, -0.2) is 24.4 Å². The van der Waals surface area contributed by atoms with Crippen molar-refractivity contribution in [3.63, 3.8) is 0 Å². The molecule has 33 heavy (non-hydrogen) atoms. The Hall–Kier alpha value is -2.25. The third kappa shape index (κ3) is 3.27. The first-order valence-corrected chi connectivity index (χ1v) is 14.7. The minimum Gasteiger partial charge on any atom is -0.410 e. The fourth-order valence-electron chi connectivity index (χ4n) is 5.71. The van der Waals surface area contributed by atoms with Gasteiger partial charge in [0.2, 0.25) is 0 Å². The van der Waals surface area contributed by atoms with Crippen LogP contribution in [0, 0.1) is 12.8 Å². The Morgan fingerprint density at radius 2 is 1.88 bits per heavy atom. The van der Waals surface area contributed by atoms with Gasteiger partial charge in [-0.2, -0.15) is 0 Å². The highest BCUT2D eigenvalue weighted by molar-refractivity contribution is 6.48. The molecule has 6 heteroatoms. The van der Waals surface area contributed by atoms with Gasteiger partial charge in [0.15, 0.2) is 14.8 Å². The van der Waals surface area contributed by atoms with Crippen molar-refractivity contribution in [2.45, 2.75) is 70.4 Å². The van der Waals surface area contributed by atoms with E-state index in [1.165, 1.54) is 0 Å². The van der Waals surface area contributed by atoms with Crippen molar-refractivity contribution < 1.29 is 19.2 Å². The quantitative estimate of drug-likeness (QED) is 0.514. The van der Waals surface area contributed by atoms with Gasteiger partial charge in [-0.15, -0.1) is 0 Å². The molecule has 0 bridgehead atoms. The van der Waals surface area contributed by atoms with E-state index in [-0.39, 0.29) is 6.10 Å². The molecule has 2 aliphatic carbocycles. The van der Waals surface area contributed by atoms with E-state index in [9.17, 15) is 10.2 Å². The highest BCUT2D eigenvalue weighted by Crippen LogP contribution is 2.61. The molecule has 5 nitrogen and oxygen atoms in total. The number of nitrogens with zero attached hydrogens (tertiary/aromatic N) is 1. The number of hydrogen-bond donors (Lipinski definition) is 2. The van der Waals surface area contributed by atoms with E-state index < -0.39 is 20.2 Å². The number of rotatable bonds is 5. The lowest BCUT2D eigenvalue weighted by Crippen LogP contribution is -2.54. The zero-order chi connectivity index (χ0) is 23.5. The van der Waals surface area contributed by atoms with Gasteiger partial charge in [-0.1, -0.05) is 67.0 Å². The average Bonchev–Trinajstić information content (AvgIpc) is 3.21. The van der Waals surface area contributed by atoms with Crippen molar-refractivity contribution in [3.05, 3.63) is 76.0 Å². The monoisotopic (exact) mass is 463 g/mol. The maximum absolute atomic E-state index is 12.6. The average molecular weight is 464 g/mol. The fraction of sp³-hybridized carbons (Fsp3) is 0.444. The van der Waals surface area contributed by atoms with Gasteiger partial charge in [-0.3, -0.25) is 0 Å². The second kappa shape index (κ2) is 7.91. The predicted molar refractivity (Wildman–Crippen MR) is 130 cm³/mol. The molecule has 0 spiro atoms. The van der Waals surface area contributed by atoms with Crippen molar-refractivity contribution in [2.24, 2.45) is 5.92 Å². The summed E-state index contributed by atoms with van der Waals surface area (Å²) in [6.45, 7) is 10.6. The van der Waals surface area contributed by atoms with E-state index in [0.717, 1.165) is 23.1 Å². The third-order valence-corrected chi connectivity index (χ3v) is 7.98. The number of fused-ring (bicyclic) bond motifs is 2. The molecule has 0 radical (unpaired) electrons. The van der Waals surface area contributed by atoms with Gasteiger partial charge >= 0.3 is 0 Å². The molecule has 5 rings (SSSR count). The van der Waals surface area contributed by atoms with Crippen LogP contribution in [0.2, 0.25) is 13.1 Å². The molecule has 3 aromatic rings. The van der Waals surface area contributed by atoms with Gasteiger partial charge in [0, 0.05) is 11.1 Å². The predicted octanol–water partition coefficient (Wildman–Crippen LogP) is 5.12. The number of benzene rings is 2. The number of aromatic nitrogens is 1. The smallest absolute Gasteiger partial charge is 0.171 e. The van der Waals surface area contributed by atoms with Crippen LogP contribution in [0.1, 0.15) is 66.4 Å². The lowest BCUT2D eigenvalue weighted by atomic mass is 9.59. The van der Waals surface area contributed by atoms with Crippen molar-refractivity contribution in [3.8, 4) is 11.3 Å². The summed E-state index contributed by atoms with van der Waals surface area (Å²) in [6, 6.07) is 13.8. The molecule has 3 unspecified atom stereocenters. The summed E-state index contributed by atoms with van der Waals surface area (Å²) in [4.78, 5) is 0. The van der Waals surface area contributed by atoms with Gasteiger partial charge in [0.25, 0.3) is 0 Å². The van der Waals surface area contributed by atoms with Crippen LogP contribution in [0.25, 0.3) is 11.3 Å². The maximum Gasteiger partial charge on any atom is 0.171 e. The maximum atomic E-state index is 12.6. The van der Waals surface area contributed by atoms with Gasteiger partial charge in [-0.05, 0) is 56.3 Å². The molecule has 2 aromatic carbocycles. The van der Waals surface area contributed by atoms with Crippen LogP contribution in [0.3, 0.4) is 0 Å². The number of hydrogen-bond acceptors (Lipinski definition) is 5. The lowest BCUT2D eigenvalue weighted by molar-refractivity contribution is -0.157. The molecule has 1 heterocycles. The first-order valence-electron chi connectivity index (χ1n) is 12.0. The summed E-state index contributed by atoms with van der Waals surface area (Å²) in [7, 11) is -1.35. The van der Waals surface area contributed by atoms with E-state index >= 15 is 0 Å². The molecule has 0 saturated carbocycles. The molecule has 0 fully saturated rings. The SMILES string of the molecule is Cc1ccc(C2(O)c3cccc(CC(C)C)c3-c3noc4c3C2(O)CCC4O[SiH](C)C)cc1. The summed E-state index contributed by atoms with van der Waals surface area (Å²) in [5.74, 6) is 0.992. The normalized spacial score (nSPS) is 25.9. The van der Waals surface area contributed by atoms with Crippen LogP contribution in [-0.2, 0) is 22.0 Å². The molecule has 1 aromatic heterocycles. The first-order chi connectivity index (χ1) is 15.7. The van der Waals surface area contributed by atoms with Crippen molar-refractivity contribution in [1.29, 1.82) is 0 Å². The molecular weight excluding hydrogens is 430 g/mol. The van der Waals surface area contributed by atoms with Gasteiger partial charge in [0.1, 0.15) is 23.0 Å². The van der Waals surface area contributed by atoms with Crippen LogP contribution in [0.15, 0.2) is 47.0 Å². The van der Waals surface area contributed by atoms with Crippen LogP contribution < -0.4 is 0 Å². The Kier molecular flexibility index (Phi) is 5.40. The Bertz CT molecular complexity index is 1190. The Balaban J connectivity index is 1.83. The van der Waals surface area contributed by atoms with Crippen molar-refractivity contribution >= 4 is 9.04 Å². The largest absolute Gasteiger partial charge is 0.410 e.